The number of carbonyl (C=O) groups is 1. The molecule has 4 heteroatoms. The largest absolute Gasteiger partial charge is 0.481 e. The second-order valence-corrected chi connectivity index (χ2v) is 4.03. The highest BCUT2D eigenvalue weighted by atomic mass is 16.5. The van der Waals surface area contributed by atoms with Gasteiger partial charge in [-0.15, -0.1) is 0 Å². The summed E-state index contributed by atoms with van der Waals surface area (Å²) in [5.74, 6) is -1.01. The predicted molar refractivity (Wildman–Crippen MR) is 53.3 cm³/mol. The summed E-state index contributed by atoms with van der Waals surface area (Å²) in [6.07, 6.45) is 1.22. The van der Waals surface area contributed by atoms with Crippen LogP contribution in [-0.4, -0.2) is 48.3 Å². The molecule has 0 radical (unpaired) electrons. The summed E-state index contributed by atoms with van der Waals surface area (Å²) in [7, 11) is 0. The van der Waals surface area contributed by atoms with Crippen LogP contribution >= 0.6 is 0 Å². The van der Waals surface area contributed by atoms with Crippen LogP contribution in [0.1, 0.15) is 20.3 Å². The molecule has 1 rings (SSSR count). The molecule has 1 N–H and O–H groups in total. The van der Waals surface area contributed by atoms with Gasteiger partial charge in [0.15, 0.2) is 0 Å². The lowest BCUT2D eigenvalue weighted by Gasteiger charge is -2.23. The Morgan fingerprint density at radius 2 is 2.43 bits per heavy atom. The molecule has 2 atom stereocenters. The molecular weight excluding hydrogens is 182 g/mol. The van der Waals surface area contributed by atoms with Gasteiger partial charge in [0.05, 0.1) is 12.0 Å². The van der Waals surface area contributed by atoms with E-state index in [0.717, 1.165) is 26.1 Å². The van der Waals surface area contributed by atoms with Gasteiger partial charge >= 0.3 is 5.97 Å². The number of ether oxygens (including phenoxy) is 1. The highest BCUT2D eigenvalue weighted by Crippen LogP contribution is 2.08. The molecule has 0 aliphatic carbocycles. The molecule has 0 aromatic rings. The molecule has 0 spiro atoms. The molecule has 0 aromatic carbocycles. The van der Waals surface area contributed by atoms with Crippen molar-refractivity contribution in [2.24, 2.45) is 5.92 Å². The van der Waals surface area contributed by atoms with Gasteiger partial charge in [-0.05, 0) is 13.3 Å². The Hall–Kier alpha value is -0.610. The molecule has 82 valence electrons. The van der Waals surface area contributed by atoms with E-state index < -0.39 is 5.97 Å². The average Bonchev–Trinajstić information content (AvgIpc) is 2.29. The number of aliphatic carboxylic acids is 1. The maximum atomic E-state index is 10.7. The normalized spacial score (nSPS) is 26.9. The first-order valence-electron chi connectivity index (χ1n) is 5.16. The van der Waals surface area contributed by atoms with Crippen molar-refractivity contribution >= 4 is 5.97 Å². The van der Waals surface area contributed by atoms with Gasteiger partial charge in [-0.3, -0.25) is 9.69 Å². The van der Waals surface area contributed by atoms with E-state index in [1.54, 1.807) is 6.92 Å². The average molecular weight is 201 g/mol. The molecule has 1 aliphatic heterocycles. The molecule has 1 aliphatic rings. The van der Waals surface area contributed by atoms with Crippen LogP contribution in [0.5, 0.6) is 0 Å². The number of nitrogens with zero attached hydrogens (tertiary/aromatic N) is 1. The SMILES string of the molecule is CC1CN(CC(C)C(=O)O)CCCO1. The van der Waals surface area contributed by atoms with Crippen LogP contribution in [-0.2, 0) is 9.53 Å². The zero-order chi connectivity index (χ0) is 10.6. The number of carboxylic acids is 1. The maximum absolute atomic E-state index is 10.7. The lowest BCUT2D eigenvalue weighted by Crippen LogP contribution is -2.35. The summed E-state index contributed by atoms with van der Waals surface area (Å²) in [5, 5.41) is 8.79. The van der Waals surface area contributed by atoms with Crippen molar-refractivity contribution < 1.29 is 14.6 Å². The third-order valence-corrected chi connectivity index (χ3v) is 2.49. The highest BCUT2D eigenvalue weighted by Gasteiger charge is 2.19. The Morgan fingerprint density at radius 1 is 1.71 bits per heavy atom. The molecule has 0 saturated carbocycles. The van der Waals surface area contributed by atoms with Gasteiger partial charge in [0.1, 0.15) is 0 Å². The second kappa shape index (κ2) is 5.32. The minimum absolute atomic E-state index is 0.221. The van der Waals surface area contributed by atoms with Crippen LogP contribution in [0.4, 0.5) is 0 Å². The van der Waals surface area contributed by atoms with Crippen molar-refractivity contribution in [2.45, 2.75) is 26.4 Å². The van der Waals surface area contributed by atoms with E-state index in [4.69, 9.17) is 9.84 Å². The first-order chi connectivity index (χ1) is 6.59. The summed E-state index contributed by atoms with van der Waals surface area (Å²) >= 11 is 0. The van der Waals surface area contributed by atoms with Gasteiger partial charge in [0, 0.05) is 26.2 Å². The minimum atomic E-state index is -0.720. The van der Waals surface area contributed by atoms with E-state index in [1.165, 1.54) is 0 Å². The first kappa shape index (κ1) is 11.5. The number of rotatable bonds is 3. The van der Waals surface area contributed by atoms with Crippen molar-refractivity contribution in [3.8, 4) is 0 Å². The van der Waals surface area contributed by atoms with E-state index in [9.17, 15) is 4.79 Å². The standard InChI is InChI=1S/C10H19NO3/c1-8(10(12)13)6-11-4-3-5-14-9(2)7-11/h8-9H,3-7H2,1-2H3,(H,12,13). The molecule has 0 bridgehead atoms. The van der Waals surface area contributed by atoms with Crippen LogP contribution in [0.25, 0.3) is 0 Å². The first-order valence-corrected chi connectivity index (χ1v) is 5.16. The third-order valence-electron chi connectivity index (χ3n) is 2.49. The van der Waals surface area contributed by atoms with Crippen LogP contribution in [0.3, 0.4) is 0 Å². The monoisotopic (exact) mass is 201 g/mol. The van der Waals surface area contributed by atoms with E-state index in [0.29, 0.717) is 6.54 Å². The number of hydrogen-bond acceptors (Lipinski definition) is 3. The maximum Gasteiger partial charge on any atom is 0.307 e. The van der Waals surface area contributed by atoms with E-state index in [1.807, 2.05) is 6.92 Å². The number of hydrogen-bond donors (Lipinski definition) is 1. The lowest BCUT2D eigenvalue weighted by atomic mass is 10.1. The second-order valence-electron chi connectivity index (χ2n) is 4.03. The van der Waals surface area contributed by atoms with E-state index in [2.05, 4.69) is 4.90 Å². The van der Waals surface area contributed by atoms with E-state index in [-0.39, 0.29) is 12.0 Å². The van der Waals surface area contributed by atoms with E-state index >= 15 is 0 Å². The molecule has 14 heavy (non-hydrogen) atoms. The Labute approximate surface area is 84.8 Å². The van der Waals surface area contributed by atoms with Gasteiger partial charge in [0.25, 0.3) is 0 Å². The van der Waals surface area contributed by atoms with Crippen molar-refractivity contribution in [1.82, 2.24) is 4.90 Å². The van der Waals surface area contributed by atoms with Crippen LogP contribution < -0.4 is 0 Å². The zero-order valence-electron chi connectivity index (χ0n) is 8.90. The Bertz CT molecular complexity index is 196. The molecule has 1 saturated heterocycles. The fourth-order valence-corrected chi connectivity index (χ4v) is 1.71. The molecule has 1 fully saturated rings. The van der Waals surface area contributed by atoms with Crippen molar-refractivity contribution in [3.05, 3.63) is 0 Å². The topological polar surface area (TPSA) is 49.8 Å². The van der Waals surface area contributed by atoms with Gasteiger partial charge in [-0.1, -0.05) is 6.92 Å². The van der Waals surface area contributed by atoms with Crippen LogP contribution in [0.2, 0.25) is 0 Å². The molecule has 4 nitrogen and oxygen atoms in total. The van der Waals surface area contributed by atoms with Crippen molar-refractivity contribution in [3.63, 3.8) is 0 Å². The fourth-order valence-electron chi connectivity index (χ4n) is 1.71. The zero-order valence-corrected chi connectivity index (χ0v) is 8.90. The van der Waals surface area contributed by atoms with Crippen molar-refractivity contribution in [2.75, 3.05) is 26.2 Å². The molecule has 1 heterocycles. The van der Waals surface area contributed by atoms with Gasteiger partial charge in [-0.25, -0.2) is 0 Å². The molecular formula is C10H19NO3. The van der Waals surface area contributed by atoms with Crippen LogP contribution in [0, 0.1) is 5.92 Å². The van der Waals surface area contributed by atoms with Gasteiger partial charge < -0.3 is 9.84 Å². The third kappa shape index (κ3) is 3.64. The number of carboxylic acid groups (broad SMARTS) is 1. The summed E-state index contributed by atoms with van der Waals surface area (Å²) in [4.78, 5) is 12.9. The summed E-state index contributed by atoms with van der Waals surface area (Å²) < 4.78 is 5.49. The van der Waals surface area contributed by atoms with Gasteiger partial charge in [-0.2, -0.15) is 0 Å². The minimum Gasteiger partial charge on any atom is -0.481 e. The van der Waals surface area contributed by atoms with Crippen LogP contribution in [0.15, 0.2) is 0 Å². The summed E-state index contributed by atoms with van der Waals surface area (Å²) in [6, 6.07) is 0. The molecule has 0 aromatic heterocycles. The summed E-state index contributed by atoms with van der Waals surface area (Å²) in [6.45, 7) is 6.99. The van der Waals surface area contributed by atoms with Crippen molar-refractivity contribution in [1.29, 1.82) is 0 Å². The molecule has 2 unspecified atom stereocenters. The Balaban J connectivity index is 2.38. The quantitative estimate of drug-likeness (QED) is 0.734. The summed E-state index contributed by atoms with van der Waals surface area (Å²) in [5.41, 5.74) is 0. The fraction of sp³-hybridized carbons (Fsp3) is 0.900. The lowest BCUT2D eigenvalue weighted by molar-refractivity contribution is -0.141. The Morgan fingerprint density at radius 3 is 3.07 bits per heavy atom. The smallest absolute Gasteiger partial charge is 0.307 e. The Kier molecular flexibility index (Phi) is 4.35. The van der Waals surface area contributed by atoms with Gasteiger partial charge in [0.2, 0.25) is 0 Å². The predicted octanol–water partition coefficient (Wildman–Crippen LogP) is 0.818. The molecule has 0 amide bonds. The highest BCUT2D eigenvalue weighted by molar-refractivity contribution is 5.69.